The Bertz CT molecular complexity index is 1490. The molecule has 1 atom stereocenters. The topological polar surface area (TPSA) is 45.5 Å². The molecule has 0 N–H and O–H groups in total. The number of benzene rings is 3. The van der Waals surface area contributed by atoms with Crippen LogP contribution in [0.5, 0.6) is 11.5 Å². The van der Waals surface area contributed by atoms with Gasteiger partial charge in [-0.2, -0.15) is 5.26 Å². The Kier molecular flexibility index (Phi) is 14.0. The highest BCUT2D eigenvalue weighted by Gasteiger charge is 2.33. The van der Waals surface area contributed by atoms with Crippen molar-refractivity contribution >= 4 is 30.1 Å². The van der Waals surface area contributed by atoms with Crippen LogP contribution >= 0.6 is 12.4 Å². The molecule has 0 aromatic heterocycles. The molecule has 0 saturated carbocycles. The summed E-state index contributed by atoms with van der Waals surface area (Å²) in [5.74, 6) is 1.41. The van der Waals surface area contributed by atoms with Gasteiger partial charge in [-0.1, -0.05) is 124 Å². The third kappa shape index (κ3) is 8.89. The van der Waals surface area contributed by atoms with Gasteiger partial charge in [0.2, 0.25) is 0 Å². The molecule has 1 aliphatic heterocycles. The van der Waals surface area contributed by atoms with E-state index >= 15 is 0 Å². The molecule has 5 rings (SSSR count). The van der Waals surface area contributed by atoms with Gasteiger partial charge in [-0.15, -0.1) is 12.4 Å². The SMILES string of the molecule is CCCCCCCCCC(C#N)(CCCN1CCC(=C2c3ccccc3C=Cc3ccccc32)CC1)c1ccc(OC)c(OC)c1.Cl. The van der Waals surface area contributed by atoms with Crippen molar-refractivity contribution in [3.05, 3.63) is 100 Å². The number of piperidine rings is 1. The van der Waals surface area contributed by atoms with E-state index in [2.05, 4.69) is 84.6 Å². The van der Waals surface area contributed by atoms with Gasteiger partial charge in [-0.05, 0) is 84.2 Å². The molecule has 250 valence electrons. The lowest BCUT2D eigenvalue weighted by Gasteiger charge is -2.32. The van der Waals surface area contributed by atoms with Crippen LogP contribution in [0.2, 0.25) is 0 Å². The number of methoxy groups -OCH3 is 2. The van der Waals surface area contributed by atoms with Crippen molar-refractivity contribution < 1.29 is 9.47 Å². The van der Waals surface area contributed by atoms with Crippen LogP contribution < -0.4 is 9.47 Å². The molecule has 0 spiro atoms. The first kappa shape index (κ1) is 36.3. The zero-order valence-corrected chi connectivity index (χ0v) is 29.5. The highest BCUT2D eigenvalue weighted by atomic mass is 35.5. The Labute approximate surface area is 289 Å². The Morgan fingerprint density at radius 1 is 0.723 bits per heavy atom. The normalized spacial score (nSPS) is 15.4. The summed E-state index contributed by atoms with van der Waals surface area (Å²) in [6, 6.07) is 26.6. The van der Waals surface area contributed by atoms with Gasteiger partial charge >= 0.3 is 0 Å². The third-order valence-electron chi connectivity index (χ3n) is 10.2. The highest BCUT2D eigenvalue weighted by Crippen LogP contribution is 2.41. The van der Waals surface area contributed by atoms with Crippen molar-refractivity contribution in [3.63, 3.8) is 0 Å². The van der Waals surface area contributed by atoms with Crippen LogP contribution in [0.1, 0.15) is 112 Å². The molecule has 0 amide bonds. The number of nitriles is 1. The fraction of sp³-hybridized carbons (Fsp3) is 0.452. The lowest BCUT2D eigenvalue weighted by molar-refractivity contribution is 0.243. The summed E-state index contributed by atoms with van der Waals surface area (Å²) < 4.78 is 11.2. The minimum Gasteiger partial charge on any atom is -0.493 e. The molecule has 1 unspecified atom stereocenters. The summed E-state index contributed by atoms with van der Waals surface area (Å²) in [6.45, 7) is 5.40. The van der Waals surface area contributed by atoms with Crippen molar-refractivity contribution in [2.24, 2.45) is 0 Å². The Balaban J connectivity index is 0.00000500. The maximum Gasteiger partial charge on any atom is 0.161 e. The predicted octanol–water partition coefficient (Wildman–Crippen LogP) is 10.9. The van der Waals surface area contributed by atoms with E-state index in [-0.39, 0.29) is 12.4 Å². The Morgan fingerprint density at radius 3 is 1.89 bits per heavy atom. The second-order valence-corrected chi connectivity index (χ2v) is 13.1. The van der Waals surface area contributed by atoms with Gasteiger partial charge in [-0.3, -0.25) is 0 Å². The van der Waals surface area contributed by atoms with Gasteiger partial charge in [0, 0.05) is 13.1 Å². The van der Waals surface area contributed by atoms with Crippen molar-refractivity contribution in [3.8, 4) is 17.6 Å². The maximum absolute atomic E-state index is 10.7. The zero-order valence-electron chi connectivity index (χ0n) is 28.7. The fourth-order valence-electron chi connectivity index (χ4n) is 7.45. The van der Waals surface area contributed by atoms with E-state index in [9.17, 15) is 5.26 Å². The molecule has 1 aliphatic carbocycles. The van der Waals surface area contributed by atoms with Crippen LogP contribution in [0.3, 0.4) is 0 Å². The van der Waals surface area contributed by atoms with Crippen LogP contribution in [0.15, 0.2) is 72.3 Å². The van der Waals surface area contributed by atoms with E-state index in [4.69, 9.17) is 9.47 Å². The summed E-state index contributed by atoms with van der Waals surface area (Å²) in [6.07, 6.45) is 18.2. The summed E-state index contributed by atoms with van der Waals surface area (Å²) in [5, 5.41) is 10.7. The minimum atomic E-state index is -0.521. The Morgan fingerprint density at radius 2 is 1.30 bits per heavy atom. The van der Waals surface area contributed by atoms with Gasteiger partial charge < -0.3 is 14.4 Å². The van der Waals surface area contributed by atoms with Crippen molar-refractivity contribution in [2.45, 2.75) is 89.4 Å². The van der Waals surface area contributed by atoms with Crippen molar-refractivity contribution in [1.29, 1.82) is 5.26 Å². The monoisotopic (exact) mass is 652 g/mol. The molecule has 5 heteroatoms. The van der Waals surface area contributed by atoms with Crippen LogP contribution in [0, 0.1) is 11.3 Å². The van der Waals surface area contributed by atoms with Crippen LogP contribution in [-0.4, -0.2) is 38.8 Å². The van der Waals surface area contributed by atoms with Gasteiger partial charge in [-0.25, -0.2) is 0 Å². The summed E-state index contributed by atoms with van der Waals surface area (Å²) in [4.78, 5) is 2.61. The number of unbranched alkanes of at least 4 members (excludes halogenated alkanes) is 6. The van der Waals surface area contributed by atoms with Gasteiger partial charge in [0.1, 0.15) is 0 Å². The largest absolute Gasteiger partial charge is 0.493 e. The van der Waals surface area contributed by atoms with Gasteiger partial charge in [0.25, 0.3) is 0 Å². The average Bonchev–Trinajstić information content (AvgIpc) is 3.27. The molecule has 1 saturated heterocycles. The molecule has 0 radical (unpaired) electrons. The van der Waals surface area contributed by atoms with Crippen LogP contribution in [0.4, 0.5) is 0 Å². The molecule has 1 fully saturated rings. The van der Waals surface area contributed by atoms with Crippen molar-refractivity contribution in [2.75, 3.05) is 33.9 Å². The number of hydrogen-bond donors (Lipinski definition) is 0. The van der Waals surface area contributed by atoms with E-state index in [0.29, 0.717) is 11.5 Å². The summed E-state index contributed by atoms with van der Waals surface area (Å²) in [5.41, 5.74) is 8.84. The molecule has 47 heavy (non-hydrogen) atoms. The van der Waals surface area contributed by atoms with E-state index < -0.39 is 5.41 Å². The number of hydrogen-bond acceptors (Lipinski definition) is 4. The molecule has 4 nitrogen and oxygen atoms in total. The maximum atomic E-state index is 10.7. The van der Waals surface area contributed by atoms with E-state index in [0.717, 1.165) is 63.7 Å². The lowest BCUT2D eigenvalue weighted by Crippen LogP contribution is -2.33. The number of nitrogens with zero attached hydrogens (tertiary/aromatic N) is 2. The van der Waals surface area contributed by atoms with Crippen LogP contribution in [0.25, 0.3) is 17.7 Å². The first-order valence-electron chi connectivity index (χ1n) is 17.6. The third-order valence-corrected chi connectivity index (χ3v) is 10.2. The summed E-state index contributed by atoms with van der Waals surface area (Å²) in [7, 11) is 3.34. The first-order valence-corrected chi connectivity index (χ1v) is 17.6. The van der Waals surface area contributed by atoms with Gasteiger partial charge in [0.05, 0.1) is 25.7 Å². The number of ether oxygens (including phenoxy) is 2. The van der Waals surface area contributed by atoms with E-state index in [1.54, 1.807) is 19.8 Å². The second kappa shape index (κ2) is 18.1. The average molecular weight is 653 g/mol. The molecule has 1 heterocycles. The molecule has 3 aromatic rings. The number of halogens is 1. The fourth-order valence-corrected chi connectivity index (χ4v) is 7.45. The molecular formula is C42H53ClN2O2. The quantitative estimate of drug-likeness (QED) is 0.120. The molecule has 0 bridgehead atoms. The minimum absolute atomic E-state index is 0. The molecule has 2 aliphatic rings. The van der Waals surface area contributed by atoms with E-state index in [1.807, 2.05) is 12.1 Å². The predicted molar refractivity (Wildman–Crippen MR) is 199 cm³/mol. The number of fused-ring (bicyclic) bond motifs is 2. The summed E-state index contributed by atoms with van der Waals surface area (Å²) >= 11 is 0. The molecule has 3 aromatic carbocycles. The molecular weight excluding hydrogens is 600 g/mol. The second-order valence-electron chi connectivity index (χ2n) is 13.1. The number of rotatable bonds is 15. The zero-order chi connectivity index (χ0) is 32.2. The first-order chi connectivity index (χ1) is 22.6. The van der Waals surface area contributed by atoms with E-state index in [1.165, 1.54) is 66.4 Å². The Hall–Kier alpha value is -3.52. The van der Waals surface area contributed by atoms with Crippen LogP contribution in [-0.2, 0) is 5.41 Å². The highest BCUT2D eigenvalue weighted by molar-refractivity contribution is 5.94. The standard InChI is InChI=1S/C42H52N2O2.ClH/c1-4-5-6-7-8-9-14-26-42(32-43,36-22-23-39(45-2)40(31-36)46-3)27-15-28-44-29-24-35(25-30-44)41-37-18-12-10-16-33(37)20-21-34-17-11-13-19-38(34)41;/h10-13,16-23,31H,4-9,14-15,24-30H2,1-3H3;1H. The van der Waals surface area contributed by atoms with Gasteiger partial charge in [0.15, 0.2) is 11.5 Å². The lowest BCUT2D eigenvalue weighted by atomic mass is 9.74. The van der Waals surface area contributed by atoms with Crippen molar-refractivity contribution in [1.82, 2.24) is 4.90 Å². The number of likely N-dealkylation sites (tertiary alicyclic amines) is 1. The smallest absolute Gasteiger partial charge is 0.161 e.